The topological polar surface area (TPSA) is 67.9 Å². The van der Waals surface area contributed by atoms with Gasteiger partial charge in [0, 0.05) is 5.56 Å². The molecule has 6 nitrogen and oxygen atoms in total. The Balaban J connectivity index is 2.09. The van der Waals surface area contributed by atoms with Crippen molar-refractivity contribution in [3.8, 4) is 23.8 Å². The molecule has 2 amide bonds. The van der Waals surface area contributed by atoms with Crippen LogP contribution in [-0.4, -0.2) is 30.1 Å². The van der Waals surface area contributed by atoms with Crippen molar-refractivity contribution in [3.63, 3.8) is 0 Å². The van der Waals surface area contributed by atoms with Crippen LogP contribution in [0, 0.1) is 18.2 Å². The van der Waals surface area contributed by atoms with Gasteiger partial charge in [-0.05, 0) is 61.5 Å². The van der Waals surface area contributed by atoms with E-state index in [9.17, 15) is 14.0 Å². The summed E-state index contributed by atoms with van der Waals surface area (Å²) in [6.45, 7) is 5.97. The van der Waals surface area contributed by atoms with E-state index >= 15 is 0 Å². The third-order valence-electron chi connectivity index (χ3n) is 4.62. The lowest BCUT2D eigenvalue weighted by molar-refractivity contribution is -0.122. The fraction of sp³-hybridized carbons (Fsp3) is 0.160. The first-order valence-corrected chi connectivity index (χ1v) is 10.4. The molecule has 0 radical (unpaired) electrons. The maximum Gasteiger partial charge on any atom is 0.270 e. The standard InChI is InChI=1S/C25H21FN2O4S/c1-4-9-17-13-16(15-21(31-6-3)22(17)32-12-5-2)14-18-23(29)27-25(33)28(24(18)30)20-11-8-7-10-19(20)26/h2,4,7-8,10-11,13-15H,1,6,9,12H2,3H3,(H,27,29,33)/b18-14+. The van der Waals surface area contributed by atoms with Crippen LogP contribution in [-0.2, 0) is 16.0 Å². The zero-order valence-electron chi connectivity index (χ0n) is 17.9. The van der Waals surface area contributed by atoms with Crippen molar-refractivity contribution in [2.45, 2.75) is 13.3 Å². The molecule has 1 N–H and O–H groups in total. The Bertz CT molecular complexity index is 1200. The number of benzene rings is 2. The van der Waals surface area contributed by atoms with Crippen molar-refractivity contribution < 1.29 is 23.5 Å². The summed E-state index contributed by atoms with van der Waals surface area (Å²) in [5, 5.41) is 2.24. The van der Waals surface area contributed by atoms with E-state index in [4.69, 9.17) is 28.1 Å². The monoisotopic (exact) mass is 464 g/mol. The summed E-state index contributed by atoms with van der Waals surface area (Å²) in [6.07, 6.45) is 8.83. The maximum atomic E-state index is 14.4. The first-order valence-electron chi connectivity index (χ1n) is 10.0. The Labute approximate surface area is 196 Å². The van der Waals surface area contributed by atoms with Crippen molar-refractivity contribution in [1.82, 2.24) is 5.32 Å². The summed E-state index contributed by atoms with van der Waals surface area (Å²) in [5.74, 6) is 1.20. The SMILES string of the molecule is C#CCOc1c(CC=C)cc(/C=C2\C(=O)NC(=S)N(c3ccccc3F)C2=O)cc1OCC. The van der Waals surface area contributed by atoms with E-state index in [1.165, 1.54) is 24.3 Å². The molecule has 3 rings (SSSR count). The van der Waals surface area contributed by atoms with E-state index in [-0.39, 0.29) is 23.0 Å². The van der Waals surface area contributed by atoms with Gasteiger partial charge in [-0.15, -0.1) is 13.0 Å². The zero-order chi connectivity index (χ0) is 24.0. The highest BCUT2D eigenvalue weighted by Crippen LogP contribution is 2.35. The number of hydrogen-bond donors (Lipinski definition) is 1. The van der Waals surface area contributed by atoms with Crippen molar-refractivity contribution in [3.05, 3.63) is 71.6 Å². The summed E-state index contributed by atoms with van der Waals surface area (Å²) >= 11 is 5.12. The Hall–Kier alpha value is -3.96. The van der Waals surface area contributed by atoms with Crippen molar-refractivity contribution in [2.75, 3.05) is 18.1 Å². The zero-order valence-corrected chi connectivity index (χ0v) is 18.7. The van der Waals surface area contributed by atoms with Crippen LogP contribution in [0.3, 0.4) is 0 Å². The molecule has 0 atom stereocenters. The molecule has 1 saturated heterocycles. The predicted molar refractivity (Wildman–Crippen MR) is 128 cm³/mol. The number of allylic oxidation sites excluding steroid dienone is 1. The number of ether oxygens (including phenoxy) is 2. The first kappa shape index (κ1) is 23.7. The molecular formula is C25H21FN2O4S. The van der Waals surface area contributed by atoms with Crippen LogP contribution >= 0.6 is 12.2 Å². The van der Waals surface area contributed by atoms with Crippen LogP contribution in [0.1, 0.15) is 18.1 Å². The summed E-state index contributed by atoms with van der Waals surface area (Å²) < 4.78 is 25.7. The number of terminal acetylenes is 1. The second-order valence-electron chi connectivity index (χ2n) is 6.84. The Kier molecular flexibility index (Phi) is 7.59. The van der Waals surface area contributed by atoms with Gasteiger partial charge in [-0.3, -0.25) is 14.9 Å². The van der Waals surface area contributed by atoms with Gasteiger partial charge in [-0.1, -0.05) is 24.1 Å². The highest BCUT2D eigenvalue weighted by molar-refractivity contribution is 7.80. The molecule has 0 aliphatic carbocycles. The quantitative estimate of drug-likeness (QED) is 0.212. The number of rotatable bonds is 8. The van der Waals surface area contributed by atoms with Crippen LogP contribution in [0.2, 0.25) is 0 Å². The number of nitrogens with one attached hydrogen (secondary N) is 1. The number of thiocarbonyl (C=S) groups is 1. The van der Waals surface area contributed by atoms with E-state index in [1.807, 2.05) is 6.92 Å². The first-order chi connectivity index (χ1) is 15.9. The van der Waals surface area contributed by atoms with E-state index in [0.29, 0.717) is 35.7 Å². The fourth-order valence-corrected chi connectivity index (χ4v) is 3.56. The Morgan fingerprint density at radius 2 is 2.03 bits per heavy atom. The third kappa shape index (κ3) is 5.10. The minimum atomic E-state index is -0.746. The second-order valence-corrected chi connectivity index (χ2v) is 7.22. The normalized spacial score (nSPS) is 14.6. The van der Waals surface area contributed by atoms with Crippen LogP contribution in [0.5, 0.6) is 11.5 Å². The van der Waals surface area contributed by atoms with Crippen molar-refractivity contribution in [1.29, 1.82) is 0 Å². The minimum absolute atomic E-state index is 0.0423. The number of carbonyl (C=O) groups is 2. The molecule has 168 valence electrons. The van der Waals surface area contributed by atoms with Crippen molar-refractivity contribution in [2.24, 2.45) is 0 Å². The molecular weight excluding hydrogens is 443 g/mol. The van der Waals surface area contributed by atoms with Crippen LogP contribution in [0.4, 0.5) is 10.1 Å². The smallest absolute Gasteiger partial charge is 0.270 e. The second kappa shape index (κ2) is 10.6. The number of amides is 2. The molecule has 0 spiro atoms. The number of para-hydroxylation sites is 1. The average molecular weight is 465 g/mol. The number of carbonyl (C=O) groups excluding carboxylic acids is 2. The molecule has 2 aromatic rings. The van der Waals surface area contributed by atoms with Gasteiger partial charge in [0.05, 0.1) is 12.3 Å². The number of anilines is 1. The predicted octanol–water partition coefficient (Wildman–Crippen LogP) is 3.80. The number of nitrogens with zero attached hydrogens (tertiary/aromatic N) is 1. The highest BCUT2D eigenvalue weighted by atomic mass is 32.1. The molecule has 1 aliphatic heterocycles. The summed E-state index contributed by atoms with van der Waals surface area (Å²) in [6, 6.07) is 9.04. The fourth-order valence-electron chi connectivity index (χ4n) is 3.29. The molecule has 33 heavy (non-hydrogen) atoms. The van der Waals surface area contributed by atoms with Gasteiger partial charge >= 0.3 is 0 Å². The van der Waals surface area contributed by atoms with Gasteiger partial charge in [0.1, 0.15) is 18.0 Å². The van der Waals surface area contributed by atoms with Crippen molar-refractivity contribution >= 4 is 40.9 Å². The molecule has 0 aromatic heterocycles. The molecule has 1 fully saturated rings. The summed E-state index contributed by atoms with van der Waals surface area (Å²) in [5.41, 5.74) is 0.946. The van der Waals surface area contributed by atoms with E-state index < -0.39 is 17.6 Å². The van der Waals surface area contributed by atoms with Crippen LogP contribution in [0.25, 0.3) is 6.08 Å². The molecule has 0 unspecified atom stereocenters. The lowest BCUT2D eigenvalue weighted by atomic mass is 10.0. The third-order valence-corrected chi connectivity index (χ3v) is 4.91. The van der Waals surface area contributed by atoms with Gasteiger partial charge in [-0.25, -0.2) is 9.29 Å². The molecule has 0 bridgehead atoms. The van der Waals surface area contributed by atoms with Crippen LogP contribution in [0.15, 0.2) is 54.6 Å². The summed E-state index contributed by atoms with van der Waals surface area (Å²) in [7, 11) is 0. The van der Waals surface area contributed by atoms with E-state index in [0.717, 1.165) is 4.90 Å². The van der Waals surface area contributed by atoms with Gasteiger partial charge in [0.15, 0.2) is 16.6 Å². The molecule has 8 heteroatoms. The van der Waals surface area contributed by atoms with Gasteiger partial charge < -0.3 is 9.47 Å². The minimum Gasteiger partial charge on any atom is -0.490 e. The van der Waals surface area contributed by atoms with Gasteiger partial charge in [0.2, 0.25) is 0 Å². The van der Waals surface area contributed by atoms with Crippen LogP contribution < -0.4 is 19.7 Å². The Morgan fingerprint density at radius 1 is 1.27 bits per heavy atom. The largest absolute Gasteiger partial charge is 0.490 e. The molecule has 2 aromatic carbocycles. The van der Waals surface area contributed by atoms with E-state index in [1.54, 1.807) is 24.3 Å². The van der Waals surface area contributed by atoms with Gasteiger partial charge in [-0.2, -0.15) is 0 Å². The summed E-state index contributed by atoms with van der Waals surface area (Å²) in [4.78, 5) is 26.7. The maximum absolute atomic E-state index is 14.4. The average Bonchev–Trinajstić information content (AvgIpc) is 2.78. The van der Waals surface area contributed by atoms with E-state index in [2.05, 4.69) is 17.8 Å². The Morgan fingerprint density at radius 3 is 2.70 bits per heavy atom. The number of hydrogen-bond acceptors (Lipinski definition) is 5. The lowest BCUT2D eigenvalue weighted by Gasteiger charge is -2.29. The molecule has 0 saturated carbocycles. The van der Waals surface area contributed by atoms with Gasteiger partial charge in [0.25, 0.3) is 11.8 Å². The molecule has 1 aliphatic rings. The molecule has 1 heterocycles. The number of halogens is 1. The highest BCUT2D eigenvalue weighted by Gasteiger charge is 2.35. The lowest BCUT2D eigenvalue weighted by Crippen LogP contribution is -2.54.